The van der Waals surface area contributed by atoms with E-state index in [1.165, 1.54) is 37.4 Å². The van der Waals surface area contributed by atoms with Crippen LogP contribution in [-0.2, 0) is 9.59 Å². The van der Waals surface area contributed by atoms with Gasteiger partial charge in [0.1, 0.15) is 29.0 Å². The minimum absolute atomic E-state index is 0.00910. The van der Waals surface area contributed by atoms with Crippen LogP contribution in [0.25, 0.3) is 5.76 Å². The fraction of sp³-hybridized carbons (Fsp3) is 0.0833. The number of halogens is 4. The Kier molecular flexibility index (Phi) is 5.86. The van der Waals surface area contributed by atoms with Crippen LogP contribution in [0.15, 0.2) is 66.2 Å². The van der Waals surface area contributed by atoms with Gasteiger partial charge in [-0.2, -0.15) is 0 Å². The van der Waals surface area contributed by atoms with Gasteiger partial charge in [0.15, 0.2) is 0 Å². The Labute approximate surface area is 191 Å². The molecule has 0 bridgehead atoms. The highest BCUT2D eigenvalue weighted by molar-refractivity contribution is 6.51. The molecule has 1 fully saturated rings. The summed E-state index contributed by atoms with van der Waals surface area (Å²) in [6.07, 6.45) is 0. The van der Waals surface area contributed by atoms with Gasteiger partial charge in [-0.25, -0.2) is 13.2 Å². The maximum Gasteiger partial charge on any atom is 0.300 e. The second-order valence-electron chi connectivity index (χ2n) is 7.16. The van der Waals surface area contributed by atoms with Crippen molar-refractivity contribution in [2.45, 2.75) is 6.04 Å². The average Bonchev–Trinajstić information content (AvgIpc) is 3.06. The molecule has 0 aliphatic carbocycles. The number of aliphatic hydroxyl groups excluding tert-OH is 1. The van der Waals surface area contributed by atoms with Crippen LogP contribution in [0, 0.1) is 17.5 Å². The fourth-order valence-electron chi connectivity index (χ4n) is 3.72. The van der Waals surface area contributed by atoms with Crippen LogP contribution >= 0.6 is 11.6 Å². The zero-order chi connectivity index (χ0) is 23.9. The number of hydrogen-bond donors (Lipinski definition) is 1. The highest BCUT2D eigenvalue weighted by Crippen LogP contribution is 2.44. The average molecular weight is 474 g/mol. The van der Waals surface area contributed by atoms with E-state index in [1.54, 1.807) is 0 Å². The summed E-state index contributed by atoms with van der Waals surface area (Å²) in [5.41, 5.74) is -0.740. The van der Waals surface area contributed by atoms with Gasteiger partial charge < -0.3 is 9.84 Å². The van der Waals surface area contributed by atoms with E-state index in [2.05, 4.69) is 0 Å². The number of ether oxygens (including phenoxy) is 1. The van der Waals surface area contributed by atoms with Crippen LogP contribution in [0.4, 0.5) is 18.9 Å². The molecule has 0 aromatic heterocycles. The van der Waals surface area contributed by atoms with E-state index in [9.17, 15) is 27.9 Å². The lowest BCUT2D eigenvalue weighted by Gasteiger charge is -2.26. The van der Waals surface area contributed by atoms with E-state index in [1.807, 2.05) is 0 Å². The number of amides is 1. The van der Waals surface area contributed by atoms with E-state index in [-0.39, 0.29) is 21.9 Å². The summed E-state index contributed by atoms with van der Waals surface area (Å²) >= 11 is 6.04. The van der Waals surface area contributed by atoms with Gasteiger partial charge in [0.25, 0.3) is 11.7 Å². The van der Waals surface area contributed by atoms with Crippen LogP contribution in [0.5, 0.6) is 5.75 Å². The summed E-state index contributed by atoms with van der Waals surface area (Å²) in [5, 5.41) is 11.3. The number of hydrogen-bond acceptors (Lipinski definition) is 4. The number of benzene rings is 3. The highest BCUT2D eigenvalue weighted by Gasteiger charge is 2.48. The number of anilines is 1. The first-order chi connectivity index (χ1) is 15.7. The molecule has 3 aromatic rings. The summed E-state index contributed by atoms with van der Waals surface area (Å²) in [4.78, 5) is 26.8. The predicted octanol–water partition coefficient (Wildman–Crippen LogP) is 5.39. The van der Waals surface area contributed by atoms with Gasteiger partial charge >= 0.3 is 0 Å². The molecule has 168 valence electrons. The summed E-state index contributed by atoms with van der Waals surface area (Å²) in [5.74, 6) is -5.24. The van der Waals surface area contributed by atoms with Crippen molar-refractivity contribution in [2.24, 2.45) is 0 Å². The summed E-state index contributed by atoms with van der Waals surface area (Å²) in [6.45, 7) is 0. The molecule has 1 atom stereocenters. The molecule has 0 saturated carbocycles. The monoisotopic (exact) mass is 473 g/mol. The number of ketones is 1. The summed E-state index contributed by atoms with van der Waals surface area (Å²) in [6, 6.07) is 10.0. The number of aliphatic hydroxyl groups is 1. The van der Waals surface area contributed by atoms with Crippen molar-refractivity contribution in [3.05, 3.63) is 99.8 Å². The van der Waals surface area contributed by atoms with Crippen LogP contribution < -0.4 is 9.64 Å². The molecule has 9 heteroatoms. The maximum atomic E-state index is 14.6. The minimum atomic E-state index is -1.38. The number of rotatable bonds is 4. The van der Waals surface area contributed by atoms with E-state index < -0.39 is 52.2 Å². The molecule has 5 nitrogen and oxygen atoms in total. The number of methoxy groups -OCH3 is 1. The fourth-order valence-corrected chi connectivity index (χ4v) is 3.89. The molecule has 1 amide bonds. The van der Waals surface area contributed by atoms with Gasteiger partial charge in [-0.05, 0) is 48.0 Å². The molecule has 0 radical (unpaired) electrons. The smallest absolute Gasteiger partial charge is 0.300 e. The Bertz CT molecular complexity index is 1310. The van der Waals surface area contributed by atoms with E-state index >= 15 is 0 Å². The normalized spacial score (nSPS) is 17.5. The minimum Gasteiger partial charge on any atom is -0.507 e. The van der Waals surface area contributed by atoms with Crippen molar-refractivity contribution in [3.63, 3.8) is 0 Å². The van der Waals surface area contributed by atoms with Crippen LogP contribution in [0.2, 0.25) is 5.02 Å². The molecular formula is C24H15ClF3NO4. The summed E-state index contributed by atoms with van der Waals surface area (Å²) < 4.78 is 47.4. The van der Waals surface area contributed by atoms with Crippen molar-refractivity contribution >= 4 is 34.7 Å². The van der Waals surface area contributed by atoms with E-state index in [0.29, 0.717) is 0 Å². The van der Waals surface area contributed by atoms with Crippen LogP contribution in [0.1, 0.15) is 17.2 Å². The lowest BCUT2D eigenvalue weighted by atomic mass is 9.94. The first-order valence-electron chi connectivity index (χ1n) is 9.58. The number of nitrogens with zero attached hydrogens (tertiary/aromatic N) is 1. The van der Waals surface area contributed by atoms with Crippen molar-refractivity contribution in [2.75, 3.05) is 12.0 Å². The van der Waals surface area contributed by atoms with Crippen molar-refractivity contribution in [1.29, 1.82) is 0 Å². The van der Waals surface area contributed by atoms with E-state index in [4.69, 9.17) is 16.3 Å². The molecule has 1 heterocycles. The Morgan fingerprint density at radius 1 is 0.970 bits per heavy atom. The SMILES string of the molecule is COc1ccc(Cl)cc1/C(O)=C1\C(=O)C(=O)N(c2cc(F)ccc2F)C1c1ccc(F)cc1. The Morgan fingerprint density at radius 2 is 1.64 bits per heavy atom. The molecule has 0 spiro atoms. The van der Waals surface area contributed by atoms with Gasteiger partial charge in [-0.1, -0.05) is 23.7 Å². The molecule has 1 unspecified atom stereocenters. The Hall–Kier alpha value is -3.78. The third-order valence-electron chi connectivity index (χ3n) is 5.21. The molecule has 1 N–H and O–H groups in total. The number of carbonyl (C=O) groups excluding carboxylic acids is 2. The Balaban J connectivity index is 2.02. The van der Waals surface area contributed by atoms with Gasteiger partial charge in [0.2, 0.25) is 0 Å². The lowest BCUT2D eigenvalue weighted by Crippen LogP contribution is -2.30. The molecule has 1 aliphatic rings. The quantitative estimate of drug-likeness (QED) is 0.313. The Morgan fingerprint density at radius 3 is 2.30 bits per heavy atom. The van der Waals surface area contributed by atoms with Crippen molar-refractivity contribution in [3.8, 4) is 5.75 Å². The predicted molar refractivity (Wildman–Crippen MR) is 116 cm³/mol. The second kappa shape index (κ2) is 8.63. The number of Topliss-reactive ketones (excluding diaryl/α,β-unsaturated/α-hetero) is 1. The second-order valence-corrected chi connectivity index (χ2v) is 7.60. The highest BCUT2D eigenvalue weighted by atomic mass is 35.5. The molecular weight excluding hydrogens is 459 g/mol. The number of carbonyl (C=O) groups is 2. The van der Waals surface area contributed by atoms with Crippen LogP contribution in [0.3, 0.4) is 0 Å². The molecule has 1 saturated heterocycles. The first-order valence-corrected chi connectivity index (χ1v) is 9.96. The summed E-state index contributed by atoms with van der Waals surface area (Å²) in [7, 11) is 1.33. The van der Waals surface area contributed by atoms with Crippen molar-refractivity contribution < 1.29 is 32.6 Å². The van der Waals surface area contributed by atoms with Crippen LogP contribution in [-0.4, -0.2) is 23.9 Å². The lowest BCUT2D eigenvalue weighted by molar-refractivity contribution is -0.132. The molecule has 4 rings (SSSR count). The largest absolute Gasteiger partial charge is 0.507 e. The van der Waals surface area contributed by atoms with Gasteiger partial charge in [-0.15, -0.1) is 0 Å². The van der Waals surface area contributed by atoms with Gasteiger partial charge in [0, 0.05) is 11.1 Å². The topological polar surface area (TPSA) is 66.8 Å². The zero-order valence-electron chi connectivity index (χ0n) is 17.0. The van der Waals surface area contributed by atoms with Gasteiger partial charge in [-0.3, -0.25) is 14.5 Å². The maximum absolute atomic E-state index is 14.6. The molecule has 1 aliphatic heterocycles. The standard InChI is InChI=1S/C24H15ClF3NO4/c1-33-19-9-4-13(25)10-16(19)22(30)20-21(12-2-5-14(26)6-3-12)29(24(32)23(20)31)18-11-15(27)7-8-17(18)28/h2-11,21,30H,1H3/b22-20+. The molecule has 3 aromatic carbocycles. The molecule has 33 heavy (non-hydrogen) atoms. The van der Waals surface area contributed by atoms with Gasteiger partial charge in [0.05, 0.1) is 30.0 Å². The van der Waals surface area contributed by atoms with E-state index in [0.717, 1.165) is 35.2 Å². The van der Waals surface area contributed by atoms with Crippen molar-refractivity contribution in [1.82, 2.24) is 0 Å². The first kappa shape index (κ1) is 22.4. The third-order valence-corrected chi connectivity index (χ3v) is 5.45. The third kappa shape index (κ3) is 3.93. The zero-order valence-corrected chi connectivity index (χ0v) is 17.7.